The van der Waals surface area contributed by atoms with E-state index in [2.05, 4.69) is 10.3 Å². The number of hydrogen-bond acceptors (Lipinski definition) is 4. The summed E-state index contributed by atoms with van der Waals surface area (Å²) < 4.78 is 1.99. The SMILES string of the molecule is CCCNC(=O)C(C)Sc1nc2cc(Cl)ccc2s1. The number of halogens is 1. The van der Waals surface area contributed by atoms with Crippen LogP contribution in [0.25, 0.3) is 10.2 Å². The first kappa shape index (κ1) is 14.6. The summed E-state index contributed by atoms with van der Waals surface area (Å²) in [6.45, 7) is 4.66. The van der Waals surface area contributed by atoms with Crippen LogP contribution in [0.4, 0.5) is 0 Å². The molecule has 1 amide bonds. The van der Waals surface area contributed by atoms with Gasteiger partial charge < -0.3 is 5.32 Å². The minimum absolute atomic E-state index is 0.0594. The van der Waals surface area contributed by atoms with Gasteiger partial charge in [-0.1, -0.05) is 30.3 Å². The van der Waals surface area contributed by atoms with Crippen molar-refractivity contribution in [2.45, 2.75) is 29.9 Å². The molecule has 6 heteroatoms. The van der Waals surface area contributed by atoms with Crippen LogP contribution in [-0.4, -0.2) is 22.7 Å². The van der Waals surface area contributed by atoms with Crippen LogP contribution in [0.3, 0.4) is 0 Å². The molecule has 0 bridgehead atoms. The highest BCUT2D eigenvalue weighted by atomic mass is 35.5. The maximum Gasteiger partial charge on any atom is 0.233 e. The number of carbonyl (C=O) groups excluding carboxylic acids is 1. The van der Waals surface area contributed by atoms with Crippen LogP contribution >= 0.6 is 34.7 Å². The Morgan fingerprint density at radius 1 is 1.58 bits per heavy atom. The topological polar surface area (TPSA) is 42.0 Å². The molecule has 0 saturated heterocycles. The molecule has 0 saturated carbocycles. The van der Waals surface area contributed by atoms with Crippen LogP contribution in [0.5, 0.6) is 0 Å². The Bertz CT molecular complexity index is 585. The van der Waals surface area contributed by atoms with Crippen LogP contribution in [0, 0.1) is 0 Å². The molecular formula is C13H15ClN2OS2. The summed E-state index contributed by atoms with van der Waals surface area (Å²) in [5.74, 6) is 0.0594. The van der Waals surface area contributed by atoms with Gasteiger partial charge in [0.2, 0.25) is 5.91 Å². The average molecular weight is 315 g/mol. The molecule has 19 heavy (non-hydrogen) atoms. The highest BCUT2D eigenvalue weighted by Crippen LogP contribution is 2.33. The third-order valence-electron chi connectivity index (χ3n) is 2.53. The van der Waals surface area contributed by atoms with E-state index in [0.29, 0.717) is 5.02 Å². The average Bonchev–Trinajstić information content (AvgIpc) is 2.77. The Morgan fingerprint density at radius 2 is 2.37 bits per heavy atom. The summed E-state index contributed by atoms with van der Waals surface area (Å²) in [4.78, 5) is 16.3. The van der Waals surface area contributed by atoms with Gasteiger partial charge in [0.1, 0.15) is 0 Å². The van der Waals surface area contributed by atoms with Crippen LogP contribution in [0.1, 0.15) is 20.3 Å². The van der Waals surface area contributed by atoms with E-state index in [0.717, 1.165) is 27.5 Å². The van der Waals surface area contributed by atoms with Crippen molar-refractivity contribution in [2.75, 3.05) is 6.54 Å². The van der Waals surface area contributed by atoms with Crippen molar-refractivity contribution >= 4 is 50.8 Å². The number of benzene rings is 1. The smallest absolute Gasteiger partial charge is 0.233 e. The number of aromatic nitrogens is 1. The van der Waals surface area contributed by atoms with E-state index in [1.807, 2.05) is 32.0 Å². The summed E-state index contributed by atoms with van der Waals surface area (Å²) in [6.07, 6.45) is 0.947. The van der Waals surface area contributed by atoms with Crippen LogP contribution < -0.4 is 5.32 Å². The first-order valence-electron chi connectivity index (χ1n) is 6.10. The zero-order valence-corrected chi connectivity index (χ0v) is 13.2. The number of thiazole rings is 1. The second kappa shape index (κ2) is 6.59. The van der Waals surface area contributed by atoms with Crippen molar-refractivity contribution in [3.63, 3.8) is 0 Å². The Hall–Kier alpha value is -0.780. The number of nitrogens with zero attached hydrogens (tertiary/aromatic N) is 1. The molecule has 2 rings (SSSR count). The lowest BCUT2D eigenvalue weighted by molar-refractivity contribution is -0.120. The van der Waals surface area contributed by atoms with Crippen molar-refractivity contribution in [1.82, 2.24) is 10.3 Å². The van der Waals surface area contributed by atoms with Gasteiger partial charge in [-0.3, -0.25) is 4.79 Å². The van der Waals surface area contributed by atoms with Crippen LogP contribution in [0.15, 0.2) is 22.5 Å². The van der Waals surface area contributed by atoms with Gasteiger partial charge in [-0.15, -0.1) is 11.3 Å². The lowest BCUT2D eigenvalue weighted by Crippen LogP contribution is -2.31. The van der Waals surface area contributed by atoms with Crippen molar-refractivity contribution in [3.8, 4) is 0 Å². The molecule has 1 aromatic carbocycles. The summed E-state index contributed by atoms with van der Waals surface area (Å²) in [6, 6.07) is 5.66. The lowest BCUT2D eigenvalue weighted by atomic mass is 10.3. The number of carbonyl (C=O) groups is 1. The fraction of sp³-hybridized carbons (Fsp3) is 0.385. The molecule has 0 aliphatic rings. The van der Waals surface area contributed by atoms with E-state index in [4.69, 9.17) is 11.6 Å². The summed E-state index contributed by atoms with van der Waals surface area (Å²) in [5, 5.41) is 3.44. The fourth-order valence-electron chi connectivity index (χ4n) is 1.53. The van der Waals surface area contributed by atoms with E-state index in [-0.39, 0.29) is 11.2 Å². The molecule has 0 fully saturated rings. The Balaban J connectivity index is 2.06. The second-order valence-corrected chi connectivity index (χ2v) is 7.20. The number of hydrogen-bond donors (Lipinski definition) is 1. The largest absolute Gasteiger partial charge is 0.355 e. The van der Waals surface area contributed by atoms with E-state index >= 15 is 0 Å². The molecule has 1 N–H and O–H groups in total. The predicted molar refractivity (Wildman–Crippen MR) is 83.2 cm³/mol. The van der Waals surface area contributed by atoms with Gasteiger partial charge >= 0.3 is 0 Å². The normalized spacial score (nSPS) is 12.6. The van der Waals surface area contributed by atoms with E-state index in [1.165, 1.54) is 11.8 Å². The molecule has 1 heterocycles. The molecule has 3 nitrogen and oxygen atoms in total. The molecule has 1 aromatic heterocycles. The number of amides is 1. The molecule has 0 aliphatic carbocycles. The predicted octanol–water partition coefficient (Wildman–Crippen LogP) is 3.96. The maximum atomic E-state index is 11.8. The fourth-order valence-corrected chi connectivity index (χ4v) is 3.91. The molecular weight excluding hydrogens is 300 g/mol. The lowest BCUT2D eigenvalue weighted by Gasteiger charge is -2.09. The Kier molecular flexibility index (Phi) is 5.07. The quantitative estimate of drug-likeness (QED) is 0.849. The number of nitrogens with one attached hydrogen (secondary N) is 1. The van der Waals surface area contributed by atoms with Gasteiger partial charge in [-0.2, -0.15) is 0 Å². The number of thioether (sulfide) groups is 1. The van der Waals surface area contributed by atoms with E-state index < -0.39 is 0 Å². The van der Waals surface area contributed by atoms with E-state index in [1.54, 1.807) is 11.3 Å². The zero-order chi connectivity index (χ0) is 13.8. The first-order chi connectivity index (χ1) is 9.10. The third-order valence-corrected chi connectivity index (χ3v) is 4.99. The summed E-state index contributed by atoms with van der Waals surface area (Å²) >= 11 is 9.01. The molecule has 1 unspecified atom stereocenters. The number of fused-ring (bicyclic) bond motifs is 1. The molecule has 1 atom stereocenters. The Morgan fingerprint density at radius 3 is 3.11 bits per heavy atom. The van der Waals surface area contributed by atoms with Gasteiger partial charge in [0.05, 0.1) is 15.5 Å². The van der Waals surface area contributed by atoms with Gasteiger partial charge in [-0.05, 0) is 31.5 Å². The highest BCUT2D eigenvalue weighted by molar-refractivity contribution is 8.02. The summed E-state index contributed by atoms with van der Waals surface area (Å²) in [5.41, 5.74) is 0.890. The standard InChI is InChI=1S/C13H15ClN2OS2/c1-3-6-15-12(17)8(2)18-13-16-10-7-9(14)4-5-11(10)19-13/h4-5,7-8H,3,6H2,1-2H3,(H,15,17). The monoisotopic (exact) mass is 314 g/mol. The van der Waals surface area contributed by atoms with Crippen molar-refractivity contribution < 1.29 is 4.79 Å². The van der Waals surface area contributed by atoms with Crippen molar-refractivity contribution in [1.29, 1.82) is 0 Å². The van der Waals surface area contributed by atoms with Gasteiger partial charge in [0.25, 0.3) is 0 Å². The van der Waals surface area contributed by atoms with Crippen LogP contribution in [-0.2, 0) is 4.79 Å². The van der Waals surface area contributed by atoms with Gasteiger partial charge in [0.15, 0.2) is 4.34 Å². The molecule has 0 aliphatic heterocycles. The first-order valence-corrected chi connectivity index (χ1v) is 8.18. The zero-order valence-electron chi connectivity index (χ0n) is 10.8. The molecule has 2 aromatic rings. The molecule has 102 valence electrons. The van der Waals surface area contributed by atoms with Crippen molar-refractivity contribution in [2.24, 2.45) is 0 Å². The maximum absolute atomic E-state index is 11.8. The third kappa shape index (κ3) is 3.84. The molecule has 0 spiro atoms. The molecule has 0 radical (unpaired) electrons. The number of rotatable bonds is 5. The minimum atomic E-state index is -0.136. The minimum Gasteiger partial charge on any atom is -0.355 e. The second-order valence-electron chi connectivity index (χ2n) is 4.14. The van der Waals surface area contributed by atoms with Crippen molar-refractivity contribution in [3.05, 3.63) is 23.2 Å². The Labute approximate surface area is 125 Å². The van der Waals surface area contributed by atoms with E-state index in [9.17, 15) is 4.79 Å². The van der Waals surface area contributed by atoms with Gasteiger partial charge in [0, 0.05) is 11.6 Å². The summed E-state index contributed by atoms with van der Waals surface area (Å²) in [7, 11) is 0. The highest BCUT2D eigenvalue weighted by Gasteiger charge is 2.16. The van der Waals surface area contributed by atoms with Crippen LogP contribution in [0.2, 0.25) is 5.02 Å². The van der Waals surface area contributed by atoms with Gasteiger partial charge in [-0.25, -0.2) is 4.98 Å².